The van der Waals surface area contributed by atoms with Crippen LogP contribution < -0.4 is 14.4 Å². The first kappa shape index (κ1) is 13.8. The molecule has 1 heterocycles. The molecule has 4 nitrogen and oxygen atoms in total. The topological polar surface area (TPSA) is 41.9 Å². The predicted molar refractivity (Wildman–Crippen MR) is 82.0 cm³/mol. The highest BCUT2D eigenvalue weighted by Gasteiger charge is 2.25. The van der Waals surface area contributed by atoms with Gasteiger partial charge < -0.3 is 19.5 Å². The van der Waals surface area contributed by atoms with Gasteiger partial charge in [0.1, 0.15) is 17.6 Å². The Morgan fingerprint density at radius 2 is 1.95 bits per heavy atom. The fourth-order valence-corrected chi connectivity index (χ4v) is 2.66. The second-order valence-electron chi connectivity index (χ2n) is 5.08. The lowest BCUT2D eigenvalue weighted by Crippen LogP contribution is -2.41. The third-order valence-electron chi connectivity index (χ3n) is 3.68. The molecule has 0 unspecified atom stereocenters. The zero-order valence-electron chi connectivity index (χ0n) is 12.0. The average Bonchev–Trinajstić information content (AvgIpc) is 2.55. The van der Waals surface area contributed by atoms with E-state index in [1.54, 1.807) is 7.11 Å². The highest BCUT2D eigenvalue weighted by Crippen LogP contribution is 2.34. The number of ether oxygens (including phenoxy) is 2. The standard InChI is InChI=1S/C17H19NO3/c1-20-16-8-4-2-6-13(16)10-18-11-14(12-19)21-17-9-5-3-7-15(17)18/h2-9,14,19H,10-12H2,1H3/t14-/m1/s1. The number of rotatable bonds is 4. The largest absolute Gasteiger partial charge is 0.496 e. The maximum atomic E-state index is 9.42. The van der Waals surface area contributed by atoms with Crippen LogP contribution in [0, 0.1) is 0 Å². The van der Waals surface area contributed by atoms with Gasteiger partial charge in [-0.1, -0.05) is 30.3 Å². The Balaban J connectivity index is 1.91. The summed E-state index contributed by atoms with van der Waals surface area (Å²) in [5.41, 5.74) is 2.17. The van der Waals surface area contributed by atoms with Gasteiger partial charge in [0.2, 0.25) is 0 Å². The predicted octanol–water partition coefficient (Wildman–Crippen LogP) is 2.46. The van der Waals surface area contributed by atoms with Crippen molar-refractivity contribution in [3.8, 4) is 11.5 Å². The molecule has 2 aromatic carbocycles. The summed E-state index contributed by atoms with van der Waals surface area (Å²) in [6.07, 6.45) is -0.199. The van der Waals surface area contributed by atoms with Gasteiger partial charge in [0.15, 0.2) is 0 Å². The zero-order valence-corrected chi connectivity index (χ0v) is 12.0. The van der Waals surface area contributed by atoms with Crippen LogP contribution in [0.25, 0.3) is 0 Å². The molecule has 1 N–H and O–H groups in total. The lowest BCUT2D eigenvalue weighted by molar-refractivity contribution is 0.112. The van der Waals surface area contributed by atoms with Gasteiger partial charge in [0.25, 0.3) is 0 Å². The molecule has 0 aliphatic carbocycles. The van der Waals surface area contributed by atoms with Gasteiger partial charge in [-0.05, 0) is 18.2 Å². The van der Waals surface area contributed by atoms with Gasteiger partial charge in [-0.25, -0.2) is 0 Å². The molecule has 1 aliphatic rings. The molecule has 1 aliphatic heterocycles. The minimum absolute atomic E-state index is 0.0107. The maximum Gasteiger partial charge on any atom is 0.143 e. The van der Waals surface area contributed by atoms with Gasteiger partial charge >= 0.3 is 0 Å². The number of para-hydroxylation sites is 3. The van der Waals surface area contributed by atoms with E-state index in [4.69, 9.17) is 9.47 Å². The van der Waals surface area contributed by atoms with Crippen LogP contribution in [0.1, 0.15) is 5.56 Å². The molecule has 21 heavy (non-hydrogen) atoms. The van der Waals surface area contributed by atoms with E-state index in [1.165, 1.54) is 0 Å². The van der Waals surface area contributed by atoms with E-state index in [2.05, 4.69) is 11.0 Å². The van der Waals surface area contributed by atoms with Crippen LogP contribution in [0.2, 0.25) is 0 Å². The summed E-state index contributed by atoms with van der Waals surface area (Å²) in [6, 6.07) is 15.9. The number of fused-ring (bicyclic) bond motifs is 1. The molecule has 0 saturated heterocycles. The first-order valence-electron chi connectivity index (χ1n) is 7.05. The van der Waals surface area contributed by atoms with Gasteiger partial charge in [-0.15, -0.1) is 0 Å². The number of hydrogen-bond donors (Lipinski definition) is 1. The number of methoxy groups -OCH3 is 1. The van der Waals surface area contributed by atoms with E-state index in [-0.39, 0.29) is 12.7 Å². The highest BCUT2D eigenvalue weighted by molar-refractivity contribution is 5.60. The van der Waals surface area contributed by atoms with Crippen LogP contribution in [-0.4, -0.2) is 31.5 Å². The quantitative estimate of drug-likeness (QED) is 0.937. The number of benzene rings is 2. The second kappa shape index (κ2) is 6.06. The average molecular weight is 285 g/mol. The maximum absolute atomic E-state index is 9.42. The molecule has 0 amide bonds. The van der Waals surface area contributed by atoms with E-state index in [0.717, 1.165) is 29.3 Å². The molecule has 1 atom stereocenters. The van der Waals surface area contributed by atoms with E-state index in [1.807, 2.05) is 42.5 Å². The van der Waals surface area contributed by atoms with Crippen LogP contribution in [0.3, 0.4) is 0 Å². The Bertz CT molecular complexity index is 614. The van der Waals surface area contributed by atoms with Gasteiger partial charge in [0, 0.05) is 12.1 Å². The fraction of sp³-hybridized carbons (Fsp3) is 0.294. The van der Waals surface area contributed by atoms with Crippen LogP contribution in [0.5, 0.6) is 11.5 Å². The van der Waals surface area contributed by atoms with Crippen molar-refractivity contribution in [2.24, 2.45) is 0 Å². The molecule has 4 heteroatoms. The normalized spacial score (nSPS) is 17.0. The van der Waals surface area contributed by atoms with Gasteiger partial charge in [-0.3, -0.25) is 0 Å². The Hall–Kier alpha value is -2.20. The lowest BCUT2D eigenvalue weighted by Gasteiger charge is -2.35. The van der Waals surface area contributed by atoms with Gasteiger partial charge in [-0.2, -0.15) is 0 Å². The lowest BCUT2D eigenvalue weighted by atomic mass is 10.1. The first-order valence-corrected chi connectivity index (χ1v) is 7.05. The summed E-state index contributed by atoms with van der Waals surface area (Å²) < 4.78 is 11.2. The molecule has 0 fully saturated rings. The molecular weight excluding hydrogens is 266 g/mol. The van der Waals surface area contributed by atoms with Crippen LogP contribution >= 0.6 is 0 Å². The SMILES string of the molecule is COc1ccccc1CN1C[C@H](CO)Oc2ccccc21. The first-order chi connectivity index (χ1) is 10.3. The number of hydrogen-bond acceptors (Lipinski definition) is 4. The molecule has 0 aromatic heterocycles. The Kier molecular flexibility index (Phi) is 3.97. The molecule has 2 aromatic rings. The van der Waals surface area contributed by atoms with Crippen molar-refractivity contribution in [2.75, 3.05) is 25.2 Å². The van der Waals surface area contributed by atoms with E-state index in [9.17, 15) is 5.11 Å². The van der Waals surface area contributed by atoms with Crippen molar-refractivity contribution in [1.82, 2.24) is 0 Å². The highest BCUT2D eigenvalue weighted by atomic mass is 16.5. The monoisotopic (exact) mass is 285 g/mol. The third kappa shape index (κ3) is 2.81. The molecule has 0 spiro atoms. The van der Waals surface area contributed by atoms with Crippen molar-refractivity contribution < 1.29 is 14.6 Å². The molecule has 0 bridgehead atoms. The summed E-state index contributed by atoms with van der Waals surface area (Å²) in [4.78, 5) is 2.22. The Labute approximate surface area is 124 Å². The van der Waals surface area contributed by atoms with Crippen molar-refractivity contribution in [3.05, 3.63) is 54.1 Å². The molecule has 0 saturated carbocycles. The van der Waals surface area contributed by atoms with Crippen LogP contribution in [-0.2, 0) is 6.54 Å². The minimum atomic E-state index is -0.199. The smallest absolute Gasteiger partial charge is 0.143 e. The summed E-state index contributed by atoms with van der Waals surface area (Å²) in [6.45, 7) is 1.39. The molecule has 0 radical (unpaired) electrons. The van der Waals surface area contributed by atoms with E-state index < -0.39 is 0 Å². The van der Waals surface area contributed by atoms with Crippen molar-refractivity contribution in [2.45, 2.75) is 12.6 Å². The summed E-state index contributed by atoms with van der Waals surface area (Å²) >= 11 is 0. The molecule has 110 valence electrons. The van der Waals surface area contributed by atoms with Crippen molar-refractivity contribution in [1.29, 1.82) is 0 Å². The summed E-state index contributed by atoms with van der Waals surface area (Å²) in [5.74, 6) is 1.69. The van der Waals surface area contributed by atoms with Crippen molar-refractivity contribution >= 4 is 5.69 Å². The Morgan fingerprint density at radius 1 is 1.19 bits per heavy atom. The number of nitrogens with zero attached hydrogens (tertiary/aromatic N) is 1. The second-order valence-corrected chi connectivity index (χ2v) is 5.08. The molecular formula is C17H19NO3. The zero-order chi connectivity index (χ0) is 14.7. The van der Waals surface area contributed by atoms with Crippen LogP contribution in [0.15, 0.2) is 48.5 Å². The molecule has 3 rings (SSSR count). The number of anilines is 1. The number of aliphatic hydroxyl groups excluding tert-OH is 1. The number of aliphatic hydroxyl groups is 1. The third-order valence-corrected chi connectivity index (χ3v) is 3.68. The summed E-state index contributed by atoms with van der Waals surface area (Å²) in [7, 11) is 1.68. The van der Waals surface area contributed by atoms with Crippen LogP contribution in [0.4, 0.5) is 5.69 Å². The van der Waals surface area contributed by atoms with E-state index in [0.29, 0.717) is 6.54 Å². The fourth-order valence-electron chi connectivity index (χ4n) is 2.66. The van der Waals surface area contributed by atoms with Crippen molar-refractivity contribution in [3.63, 3.8) is 0 Å². The van der Waals surface area contributed by atoms with Gasteiger partial charge in [0.05, 0.1) is 25.9 Å². The van der Waals surface area contributed by atoms with E-state index >= 15 is 0 Å². The minimum Gasteiger partial charge on any atom is -0.496 e. The Morgan fingerprint density at radius 3 is 2.76 bits per heavy atom. The summed E-state index contributed by atoms with van der Waals surface area (Å²) in [5, 5.41) is 9.42.